The summed E-state index contributed by atoms with van der Waals surface area (Å²) < 4.78 is 5.24. The molecule has 1 aliphatic rings. The van der Waals surface area contributed by atoms with Gasteiger partial charge in [-0.3, -0.25) is 9.69 Å². The first-order valence-electron chi connectivity index (χ1n) is 7.74. The van der Waals surface area contributed by atoms with Crippen LogP contribution in [-0.2, 0) is 11.3 Å². The van der Waals surface area contributed by atoms with Crippen LogP contribution in [0, 0.1) is 6.92 Å². The largest absolute Gasteiger partial charge is 0.360 e. The number of piperazine rings is 1. The van der Waals surface area contributed by atoms with Crippen molar-refractivity contribution in [3.8, 4) is 0 Å². The molecule has 118 valence electrons. The van der Waals surface area contributed by atoms with E-state index in [0.717, 1.165) is 50.6 Å². The standard InChI is InChI=1S/C15H26N4O2/c1-4-12(2)16-10-15(20)19-7-5-18(6-8-19)11-14-9-13(3)17-21-14/h9,12,16H,4-8,10-11H2,1-3H3. The van der Waals surface area contributed by atoms with Crippen LogP contribution in [0.5, 0.6) is 0 Å². The summed E-state index contributed by atoms with van der Waals surface area (Å²) in [5.74, 6) is 1.09. The quantitative estimate of drug-likeness (QED) is 0.848. The molecule has 0 bridgehead atoms. The van der Waals surface area contributed by atoms with Crippen molar-refractivity contribution < 1.29 is 9.32 Å². The molecule has 1 unspecified atom stereocenters. The van der Waals surface area contributed by atoms with Gasteiger partial charge in [-0.15, -0.1) is 0 Å². The van der Waals surface area contributed by atoms with Crippen molar-refractivity contribution in [2.45, 2.75) is 39.8 Å². The maximum absolute atomic E-state index is 12.1. The third kappa shape index (κ3) is 4.82. The van der Waals surface area contributed by atoms with Gasteiger partial charge in [-0.25, -0.2) is 0 Å². The minimum Gasteiger partial charge on any atom is -0.360 e. The van der Waals surface area contributed by atoms with E-state index in [0.29, 0.717) is 12.6 Å². The molecular weight excluding hydrogens is 268 g/mol. The Morgan fingerprint density at radius 3 is 2.71 bits per heavy atom. The van der Waals surface area contributed by atoms with Gasteiger partial charge in [0.15, 0.2) is 5.76 Å². The van der Waals surface area contributed by atoms with Crippen molar-refractivity contribution in [1.82, 2.24) is 20.3 Å². The second-order valence-electron chi connectivity index (χ2n) is 5.78. The van der Waals surface area contributed by atoms with Gasteiger partial charge in [-0.1, -0.05) is 12.1 Å². The van der Waals surface area contributed by atoms with Crippen LogP contribution in [0.2, 0.25) is 0 Å². The van der Waals surface area contributed by atoms with Crippen LogP contribution in [0.15, 0.2) is 10.6 Å². The fraction of sp³-hybridized carbons (Fsp3) is 0.733. The molecule has 0 spiro atoms. The summed E-state index contributed by atoms with van der Waals surface area (Å²) in [6.07, 6.45) is 1.04. The van der Waals surface area contributed by atoms with Crippen LogP contribution in [0.3, 0.4) is 0 Å². The highest BCUT2D eigenvalue weighted by Crippen LogP contribution is 2.09. The van der Waals surface area contributed by atoms with Crippen molar-refractivity contribution in [1.29, 1.82) is 0 Å². The van der Waals surface area contributed by atoms with Gasteiger partial charge in [-0.05, 0) is 20.3 Å². The van der Waals surface area contributed by atoms with E-state index in [1.165, 1.54) is 0 Å². The molecule has 1 aromatic rings. The first kappa shape index (κ1) is 16.0. The Morgan fingerprint density at radius 2 is 2.14 bits per heavy atom. The highest BCUT2D eigenvalue weighted by atomic mass is 16.5. The maximum Gasteiger partial charge on any atom is 0.236 e. The smallest absolute Gasteiger partial charge is 0.236 e. The first-order valence-corrected chi connectivity index (χ1v) is 7.74. The number of nitrogens with one attached hydrogen (secondary N) is 1. The minimum absolute atomic E-state index is 0.199. The molecule has 1 aromatic heterocycles. The zero-order valence-electron chi connectivity index (χ0n) is 13.3. The molecule has 1 fully saturated rings. The Morgan fingerprint density at radius 1 is 1.43 bits per heavy atom. The van der Waals surface area contributed by atoms with E-state index in [-0.39, 0.29) is 5.91 Å². The number of amides is 1. The topological polar surface area (TPSA) is 61.6 Å². The van der Waals surface area contributed by atoms with Gasteiger partial charge in [0.1, 0.15) is 0 Å². The number of aromatic nitrogens is 1. The number of rotatable bonds is 6. The second kappa shape index (κ2) is 7.56. The molecule has 1 atom stereocenters. The molecule has 0 saturated carbocycles. The summed E-state index contributed by atoms with van der Waals surface area (Å²) in [6.45, 7) is 10.7. The lowest BCUT2D eigenvalue weighted by Gasteiger charge is -2.34. The molecule has 6 nitrogen and oxygen atoms in total. The zero-order chi connectivity index (χ0) is 15.2. The lowest BCUT2D eigenvalue weighted by atomic mass is 10.2. The highest BCUT2D eigenvalue weighted by Gasteiger charge is 2.21. The average molecular weight is 294 g/mol. The summed E-state index contributed by atoms with van der Waals surface area (Å²) in [5, 5.41) is 7.15. The Balaban J connectivity index is 1.71. The predicted octanol–water partition coefficient (Wildman–Crippen LogP) is 1.02. The Hall–Kier alpha value is -1.40. The fourth-order valence-electron chi connectivity index (χ4n) is 2.38. The van der Waals surface area contributed by atoms with E-state index in [1.807, 2.05) is 17.9 Å². The molecule has 6 heteroatoms. The van der Waals surface area contributed by atoms with E-state index in [4.69, 9.17) is 4.52 Å². The van der Waals surface area contributed by atoms with Crippen LogP contribution >= 0.6 is 0 Å². The molecule has 1 aliphatic heterocycles. The van der Waals surface area contributed by atoms with E-state index in [2.05, 4.69) is 29.2 Å². The number of carbonyl (C=O) groups excluding carboxylic acids is 1. The Labute approximate surface area is 126 Å². The minimum atomic E-state index is 0.199. The average Bonchev–Trinajstić information content (AvgIpc) is 2.90. The molecule has 1 N–H and O–H groups in total. The van der Waals surface area contributed by atoms with E-state index in [9.17, 15) is 4.79 Å². The Bertz CT molecular complexity index is 452. The molecule has 21 heavy (non-hydrogen) atoms. The number of carbonyl (C=O) groups is 1. The molecule has 0 aliphatic carbocycles. The zero-order valence-corrected chi connectivity index (χ0v) is 13.3. The lowest BCUT2D eigenvalue weighted by Crippen LogP contribution is -2.51. The number of hydrogen-bond donors (Lipinski definition) is 1. The van der Waals surface area contributed by atoms with E-state index < -0.39 is 0 Å². The van der Waals surface area contributed by atoms with Crippen molar-refractivity contribution in [2.24, 2.45) is 0 Å². The summed E-state index contributed by atoms with van der Waals surface area (Å²) >= 11 is 0. The van der Waals surface area contributed by atoms with Crippen molar-refractivity contribution in [3.05, 3.63) is 17.5 Å². The van der Waals surface area contributed by atoms with Crippen LogP contribution < -0.4 is 5.32 Å². The molecule has 2 rings (SSSR count). The lowest BCUT2D eigenvalue weighted by molar-refractivity contribution is -0.132. The summed E-state index contributed by atoms with van der Waals surface area (Å²) in [6, 6.07) is 2.36. The van der Waals surface area contributed by atoms with Gasteiger partial charge < -0.3 is 14.7 Å². The molecule has 0 radical (unpaired) electrons. The van der Waals surface area contributed by atoms with Gasteiger partial charge in [0.2, 0.25) is 5.91 Å². The first-order chi connectivity index (χ1) is 10.1. The third-order valence-corrected chi connectivity index (χ3v) is 4.00. The van der Waals surface area contributed by atoms with Gasteiger partial charge in [0, 0.05) is 38.3 Å². The molecule has 1 saturated heterocycles. The van der Waals surface area contributed by atoms with Crippen LogP contribution in [0.1, 0.15) is 31.7 Å². The van der Waals surface area contributed by atoms with Crippen LogP contribution in [-0.4, -0.2) is 59.6 Å². The van der Waals surface area contributed by atoms with Gasteiger partial charge >= 0.3 is 0 Å². The molecule has 1 amide bonds. The van der Waals surface area contributed by atoms with E-state index in [1.54, 1.807) is 0 Å². The van der Waals surface area contributed by atoms with Gasteiger partial charge in [0.25, 0.3) is 0 Å². The third-order valence-electron chi connectivity index (χ3n) is 4.00. The normalized spacial score (nSPS) is 18.0. The summed E-state index contributed by atoms with van der Waals surface area (Å²) in [4.78, 5) is 16.3. The monoisotopic (exact) mass is 294 g/mol. The van der Waals surface area contributed by atoms with Gasteiger partial charge in [0.05, 0.1) is 18.8 Å². The molecule has 2 heterocycles. The van der Waals surface area contributed by atoms with E-state index >= 15 is 0 Å². The van der Waals surface area contributed by atoms with Crippen molar-refractivity contribution in [2.75, 3.05) is 32.7 Å². The van der Waals surface area contributed by atoms with Crippen molar-refractivity contribution in [3.63, 3.8) is 0 Å². The SMILES string of the molecule is CCC(C)NCC(=O)N1CCN(Cc2cc(C)no2)CC1. The summed E-state index contributed by atoms with van der Waals surface area (Å²) in [7, 11) is 0. The van der Waals surface area contributed by atoms with Crippen LogP contribution in [0.4, 0.5) is 0 Å². The molecule has 0 aromatic carbocycles. The Kier molecular flexibility index (Phi) is 5.76. The van der Waals surface area contributed by atoms with Crippen LogP contribution in [0.25, 0.3) is 0 Å². The van der Waals surface area contributed by atoms with Gasteiger partial charge in [-0.2, -0.15) is 0 Å². The maximum atomic E-state index is 12.1. The highest BCUT2D eigenvalue weighted by molar-refractivity contribution is 5.78. The predicted molar refractivity (Wildman–Crippen MR) is 80.9 cm³/mol. The second-order valence-corrected chi connectivity index (χ2v) is 5.78. The number of nitrogens with zero attached hydrogens (tertiary/aromatic N) is 3. The summed E-state index contributed by atoms with van der Waals surface area (Å²) in [5.41, 5.74) is 0.912. The fourth-order valence-corrected chi connectivity index (χ4v) is 2.38. The molecular formula is C15H26N4O2. The number of hydrogen-bond acceptors (Lipinski definition) is 5. The van der Waals surface area contributed by atoms with Crippen molar-refractivity contribution >= 4 is 5.91 Å². The number of aryl methyl sites for hydroxylation is 1.